The number of carboxylic acid groups (broad SMARTS) is 1. The third-order valence-electron chi connectivity index (χ3n) is 2.19. The molecule has 0 aliphatic carbocycles. The van der Waals surface area contributed by atoms with Crippen molar-refractivity contribution in [1.82, 2.24) is 4.90 Å². The SMILES string of the molecule is NC(=O)C1C=CCN(CCC(=O)O)C1. The highest BCUT2D eigenvalue weighted by atomic mass is 16.4. The Labute approximate surface area is 82.2 Å². The first-order chi connectivity index (χ1) is 6.59. The molecule has 0 aromatic heterocycles. The number of nitrogens with zero attached hydrogens (tertiary/aromatic N) is 1. The minimum Gasteiger partial charge on any atom is -0.481 e. The molecule has 14 heavy (non-hydrogen) atoms. The first kappa shape index (κ1) is 10.7. The Balaban J connectivity index is 2.39. The Hall–Kier alpha value is -1.36. The van der Waals surface area contributed by atoms with Crippen molar-refractivity contribution in [3.63, 3.8) is 0 Å². The van der Waals surface area contributed by atoms with Crippen molar-refractivity contribution in [3.05, 3.63) is 12.2 Å². The summed E-state index contributed by atoms with van der Waals surface area (Å²) in [6.45, 7) is 1.68. The molecule has 1 amide bonds. The third-order valence-corrected chi connectivity index (χ3v) is 2.19. The lowest BCUT2D eigenvalue weighted by Crippen LogP contribution is -2.39. The van der Waals surface area contributed by atoms with E-state index in [0.717, 1.165) is 0 Å². The van der Waals surface area contributed by atoms with Gasteiger partial charge in [-0.1, -0.05) is 12.2 Å². The van der Waals surface area contributed by atoms with Gasteiger partial charge in [0, 0.05) is 19.6 Å². The molecule has 5 nitrogen and oxygen atoms in total. The summed E-state index contributed by atoms with van der Waals surface area (Å²) >= 11 is 0. The van der Waals surface area contributed by atoms with Crippen LogP contribution in [0.15, 0.2) is 12.2 Å². The summed E-state index contributed by atoms with van der Waals surface area (Å²) in [5, 5.41) is 8.48. The average Bonchev–Trinajstić information content (AvgIpc) is 2.15. The van der Waals surface area contributed by atoms with E-state index in [9.17, 15) is 9.59 Å². The Bertz CT molecular complexity index is 263. The van der Waals surface area contributed by atoms with Crippen molar-refractivity contribution in [2.45, 2.75) is 6.42 Å². The van der Waals surface area contributed by atoms with Gasteiger partial charge in [-0.15, -0.1) is 0 Å². The van der Waals surface area contributed by atoms with Crippen molar-refractivity contribution >= 4 is 11.9 Å². The zero-order valence-corrected chi connectivity index (χ0v) is 7.85. The Kier molecular flexibility index (Phi) is 3.64. The number of nitrogens with two attached hydrogens (primary N) is 1. The number of rotatable bonds is 4. The van der Waals surface area contributed by atoms with E-state index in [1.165, 1.54) is 0 Å². The number of carbonyl (C=O) groups excluding carboxylic acids is 1. The normalized spacial score (nSPS) is 22.1. The van der Waals surface area contributed by atoms with Gasteiger partial charge in [0.1, 0.15) is 0 Å². The fourth-order valence-corrected chi connectivity index (χ4v) is 1.41. The molecule has 0 fully saturated rings. The lowest BCUT2D eigenvalue weighted by Gasteiger charge is -2.26. The molecule has 1 unspecified atom stereocenters. The minimum absolute atomic E-state index is 0.0965. The smallest absolute Gasteiger partial charge is 0.304 e. The van der Waals surface area contributed by atoms with Gasteiger partial charge in [-0.3, -0.25) is 14.5 Å². The number of carbonyl (C=O) groups is 2. The van der Waals surface area contributed by atoms with E-state index < -0.39 is 5.97 Å². The number of hydrogen-bond acceptors (Lipinski definition) is 3. The van der Waals surface area contributed by atoms with E-state index in [-0.39, 0.29) is 18.2 Å². The van der Waals surface area contributed by atoms with Gasteiger partial charge in [0.25, 0.3) is 0 Å². The van der Waals surface area contributed by atoms with Crippen LogP contribution < -0.4 is 5.73 Å². The van der Waals surface area contributed by atoms with Crippen LogP contribution in [0.4, 0.5) is 0 Å². The summed E-state index contributed by atoms with van der Waals surface area (Å²) in [7, 11) is 0. The largest absolute Gasteiger partial charge is 0.481 e. The van der Waals surface area contributed by atoms with Gasteiger partial charge in [-0.2, -0.15) is 0 Å². The van der Waals surface area contributed by atoms with E-state index in [1.807, 2.05) is 11.0 Å². The van der Waals surface area contributed by atoms with Gasteiger partial charge >= 0.3 is 5.97 Å². The molecule has 0 spiro atoms. The maximum absolute atomic E-state index is 10.9. The predicted molar refractivity (Wildman–Crippen MR) is 50.5 cm³/mol. The summed E-state index contributed by atoms with van der Waals surface area (Å²) in [6, 6.07) is 0. The van der Waals surface area contributed by atoms with E-state index in [0.29, 0.717) is 19.6 Å². The molecule has 0 aromatic rings. The monoisotopic (exact) mass is 198 g/mol. The van der Waals surface area contributed by atoms with Crippen LogP contribution in [-0.2, 0) is 9.59 Å². The molecule has 1 rings (SSSR count). The highest BCUT2D eigenvalue weighted by molar-refractivity contribution is 5.78. The van der Waals surface area contributed by atoms with E-state index in [2.05, 4.69) is 0 Å². The van der Waals surface area contributed by atoms with Gasteiger partial charge in [-0.05, 0) is 0 Å². The zero-order valence-electron chi connectivity index (χ0n) is 7.85. The molecule has 1 aliphatic heterocycles. The fourth-order valence-electron chi connectivity index (χ4n) is 1.41. The molecule has 0 bridgehead atoms. The molecule has 1 atom stereocenters. The van der Waals surface area contributed by atoms with Gasteiger partial charge < -0.3 is 10.8 Å². The van der Waals surface area contributed by atoms with E-state index in [1.54, 1.807) is 6.08 Å². The molecular formula is C9H14N2O3. The van der Waals surface area contributed by atoms with Crippen molar-refractivity contribution in [3.8, 4) is 0 Å². The molecule has 3 N–H and O–H groups in total. The van der Waals surface area contributed by atoms with Crippen LogP contribution in [-0.4, -0.2) is 41.5 Å². The number of hydrogen-bond donors (Lipinski definition) is 2. The summed E-state index contributed by atoms with van der Waals surface area (Å²) in [5.74, 6) is -1.46. The second-order valence-electron chi connectivity index (χ2n) is 3.34. The first-order valence-electron chi connectivity index (χ1n) is 4.49. The lowest BCUT2D eigenvalue weighted by atomic mass is 10.0. The molecule has 0 saturated carbocycles. The topological polar surface area (TPSA) is 83.6 Å². The van der Waals surface area contributed by atoms with Crippen LogP contribution in [0, 0.1) is 5.92 Å². The maximum atomic E-state index is 10.9. The standard InChI is InChI=1S/C9H14N2O3/c10-9(14)7-2-1-4-11(6-7)5-3-8(12)13/h1-2,7H,3-6H2,(H2,10,14)(H,12,13). The van der Waals surface area contributed by atoms with Crippen LogP contribution >= 0.6 is 0 Å². The summed E-state index contributed by atoms with van der Waals surface area (Å²) in [4.78, 5) is 23.1. The lowest BCUT2D eigenvalue weighted by molar-refractivity contribution is -0.137. The highest BCUT2D eigenvalue weighted by Crippen LogP contribution is 2.08. The zero-order chi connectivity index (χ0) is 10.6. The maximum Gasteiger partial charge on any atom is 0.304 e. The summed E-state index contributed by atoms with van der Waals surface area (Å²) in [6.07, 6.45) is 3.72. The Morgan fingerprint density at radius 3 is 2.86 bits per heavy atom. The van der Waals surface area contributed by atoms with E-state index >= 15 is 0 Å². The number of aliphatic carboxylic acids is 1. The molecule has 1 heterocycles. The highest BCUT2D eigenvalue weighted by Gasteiger charge is 2.19. The van der Waals surface area contributed by atoms with Crippen molar-refractivity contribution < 1.29 is 14.7 Å². The van der Waals surface area contributed by atoms with Crippen molar-refractivity contribution in [2.24, 2.45) is 11.7 Å². The summed E-state index contributed by atoms with van der Waals surface area (Å²) in [5.41, 5.74) is 5.15. The van der Waals surface area contributed by atoms with Crippen LogP contribution in [0.1, 0.15) is 6.42 Å². The molecular weight excluding hydrogens is 184 g/mol. The van der Waals surface area contributed by atoms with Crippen molar-refractivity contribution in [1.29, 1.82) is 0 Å². The average molecular weight is 198 g/mol. The van der Waals surface area contributed by atoms with E-state index in [4.69, 9.17) is 10.8 Å². The molecule has 5 heteroatoms. The number of primary amides is 1. The second kappa shape index (κ2) is 4.76. The van der Waals surface area contributed by atoms with Gasteiger partial charge in [-0.25, -0.2) is 0 Å². The number of amides is 1. The fraction of sp³-hybridized carbons (Fsp3) is 0.556. The van der Waals surface area contributed by atoms with Crippen LogP contribution in [0.5, 0.6) is 0 Å². The Morgan fingerprint density at radius 1 is 1.57 bits per heavy atom. The van der Waals surface area contributed by atoms with Crippen LogP contribution in [0.25, 0.3) is 0 Å². The second-order valence-corrected chi connectivity index (χ2v) is 3.34. The minimum atomic E-state index is -0.824. The van der Waals surface area contributed by atoms with Crippen LogP contribution in [0.3, 0.4) is 0 Å². The quantitative estimate of drug-likeness (QED) is 0.593. The molecule has 78 valence electrons. The number of carboxylic acids is 1. The van der Waals surface area contributed by atoms with Crippen LogP contribution in [0.2, 0.25) is 0 Å². The molecule has 0 radical (unpaired) electrons. The summed E-state index contributed by atoms with van der Waals surface area (Å²) < 4.78 is 0. The predicted octanol–water partition coefficient (Wildman–Crippen LogP) is -0.566. The Morgan fingerprint density at radius 2 is 2.29 bits per heavy atom. The third kappa shape index (κ3) is 3.18. The molecule has 0 aromatic carbocycles. The van der Waals surface area contributed by atoms with Crippen molar-refractivity contribution in [2.75, 3.05) is 19.6 Å². The van der Waals surface area contributed by atoms with Gasteiger partial charge in [0.05, 0.1) is 12.3 Å². The molecule has 0 saturated heterocycles. The van der Waals surface area contributed by atoms with Gasteiger partial charge in [0.2, 0.25) is 5.91 Å². The van der Waals surface area contributed by atoms with Gasteiger partial charge in [0.15, 0.2) is 0 Å². The molecule has 1 aliphatic rings. The first-order valence-corrected chi connectivity index (χ1v) is 4.49.